The number of hydrogen-bond acceptors (Lipinski definition) is 5. The zero-order valence-corrected chi connectivity index (χ0v) is 8.92. The van der Waals surface area contributed by atoms with Crippen molar-refractivity contribution in [3.05, 3.63) is 35.7 Å². The van der Waals surface area contributed by atoms with Crippen molar-refractivity contribution in [2.75, 3.05) is 7.11 Å². The van der Waals surface area contributed by atoms with Gasteiger partial charge in [0.2, 0.25) is 0 Å². The van der Waals surface area contributed by atoms with Gasteiger partial charge in [0, 0.05) is 0 Å². The fourth-order valence-electron chi connectivity index (χ4n) is 1.53. The van der Waals surface area contributed by atoms with Crippen LogP contribution in [0.4, 0.5) is 0 Å². The Morgan fingerprint density at radius 1 is 1.44 bits per heavy atom. The summed E-state index contributed by atoms with van der Waals surface area (Å²) >= 11 is 0. The van der Waals surface area contributed by atoms with E-state index >= 15 is 0 Å². The van der Waals surface area contributed by atoms with Crippen molar-refractivity contribution >= 4 is 0 Å². The van der Waals surface area contributed by atoms with Gasteiger partial charge in [-0.3, -0.25) is 0 Å². The lowest BCUT2D eigenvalue weighted by Crippen LogP contribution is -2.15. The van der Waals surface area contributed by atoms with Crippen LogP contribution in [-0.2, 0) is 6.42 Å². The summed E-state index contributed by atoms with van der Waals surface area (Å²) in [5.74, 6) is 1.33. The predicted molar refractivity (Wildman–Crippen MR) is 57.8 cm³/mol. The van der Waals surface area contributed by atoms with Gasteiger partial charge < -0.3 is 10.5 Å². The molecule has 16 heavy (non-hydrogen) atoms. The Bertz CT molecular complexity index is 442. The summed E-state index contributed by atoms with van der Waals surface area (Å²) in [6.45, 7) is 0. The molecule has 0 spiro atoms. The molecule has 2 aromatic rings. The average molecular weight is 219 g/mol. The van der Waals surface area contributed by atoms with Crippen LogP contribution in [0.3, 0.4) is 0 Å². The molecule has 1 aromatic heterocycles. The minimum absolute atomic E-state index is 0.282. The van der Waals surface area contributed by atoms with E-state index in [1.807, 2.05) is 24.3 Å². The van der Waals surface area contributed by atoms with Gasteiger partial charge in [-0.15, -0.1) is 10.2 Å². The number of nitrogens with two attached hydrogens (primary N) is 1. The smallest absolute Gasteiger partial charge is 0.191 e. The molecule has 0 saturated carbocycles. The maximum absolute atomic E-state index is 5.95. The highest BCUT2D eigenvalue weighted by Crippen LogP contribution is 2.21. The highest BCUT2D eigenvalue weighted by atomic mass is 16.5. The second kappa shape index (κ2) is 4.71. The second-order valence-electron chi connectivity index (χ2n) is 3.39. The molecular weight excluding hydrogens is 206 g/mol. The minimum atomic E-state index is -0.282. The molecule has 6 heteroatoms. The Hall–Kier alpha value is -1.95. The number of methoxy groups -OCH3 is 1. The summed E-state index contributed by atoms with van der Waals surface area (Å²) in [5.41, 5.74) is 6.98. The lowest BCUT2D eigenvalue weighted by atomic mass is 10.1. The summed E-state index contributed by atoms with van der Waals surface area (Å²) in [5, 5.41) is 13.6. The van der Waals surface area contributed by atoms with E-state index in [1.54, 1.807) is 7.11 Å². The minimum Gasteiger partial charge on any atom is -0.496 e. The SMILES string of the molecule is COc1ccccc1CC(N)c1nn[nH]n1. The molecule has 1 aromatic carbocycles. The first kappa shape index (κ1) is 10.6. The van der Waals surface area contributed by atoms with Gasteiger partial charge >= 0.3 is 0 Å². The summed E-state index contributed by atoms with van der Waals surface area (Å²) in [6.07, 6.45) is 0.615. The topological polar surface area (TPSA) is 89.7 Å². The molecule has 84 valence electrons. The number of tetrazole rings is 1. The van der Waals surface area contributed by atoms with Crippen LogP contribution in [0.2, 0.25) is 0 Å². The highest BCUT2D eigenvalue weighted by Gasteiger charge is 2.13. The quantitative estimate of drug-likeness (QED) is 0.779. The van der Waals surface area contributed by atoms with Gasteiger partial charge in [0.25, 0.3) is 0 Å². The molecule has 0 saturated heterocycles. The fraction of sp³-hybridized carbons (Fsp3) is 0.300. The first-order chi connectivity index (χ1) is 7.81. The Labute approximate surface area is 92.8 Å². The molecule has 6 nitrogen and oxygen atoms in total. The van der Waals surface area contributed by atoms with Gasteiger partial charge in [0.15, 0.2) is 5.82 Å². The van der Waals surface area contributed by atoms with Gasteiger partial charge in [-0.1, -0.05) is 23.4 Å². The Kier molecular flexibility index (Phi) is 3.11. The molecule has 2 rings (SSSR count). The molecule has 1 unspecified atom stereocenters. The highest BCUT2D eigenvalue weighted by molar-refractivity contribution is 5.34. The van der Waals surface area contributed by atoms with E-state index in [2.05, 4.69) is 20.6 Å². The summed E-state index contributed by atoms with van der Waals surface area (Å²) < 4.78 is 5.24. The third kappa shape index (κ3) is 2.17. The normalized spacial score (nSPS) is 12.4. The number of nitrogens with one attached hydrogen (secondary N) is 1. The number of H-pyrrole nitrogens is 1. The van der Waals surface area contributed by atoms with E-state index in [0.717, 1.165) is 11.3 Å². The van der Waals surface area contributed by atoms with E-state index in [9.17, 15) is 0 Å². The predicted octanol–water partition coefficient (Wildman–Crippen LogP) is 0.451. The number of aromatic nitrogens is 4. The molecule has 3 N–H and O–H groups in total. The zero-order chi connectivity index (χ0) is 11.4. The molecule has 1 atom stereocenters. The Balaban J connectivity index is 2.14. The third-order valence-corrected chi connectivity index (χ3v) is 2.33. The van der Waals surface area contributed by atoms with Crippen molar-refractivity contribution in [1.29, 1.82) is 0 Å². The Morgan fingerprint density at radius 2 is 2.25 bits per heavy atom. The molecule has 0 aliphatic carbocycles. The largest absolute Gasteiger partial charge is 0.496 e. The van der Waals surface area contributed by atoms with Gasteiger partial charge in [0.05, 0.1) is 13.2 Å². The molecule has 0 radical (unpaired) electrons. The van der Waals surface area contributed by atoms with Gasteiger partial charge in [0.1, 0.15) is 5.75 Å². The summed E-state index contributed by atoms with van der Waals surface area (Å²) in [6, 6.07) is 7.45. The standard InChI is InChI=1S/C10H13N5O/c1-16-9-5-3-2-4-7(9)6-8(11)10-12-14-15-13-10/h2-5,8H,6,11H2,1H3,(H,12,13,14,15). The molecule has 0 bridgehead atoms. The van der Waals surface area contributed by atoms with Crippen LogP contribution >= 0.6 is 0 Å². The van der Waals surface area contributed by atoms with Crippen LogP contribution in [0.15, 0.2) is 24.3 Å². The summed E-state index contributed by atoms with van der Waals surface area (Å²) in [7, 11) is 1.64. The first-order valence-corrected chi connectivity index (χ1v) is 4.92. The van der Waals surface area contributed by atoms with Crippen LogP contribution in [0.1, 0.15) is 17.4 Å². The van der Waals surface area contributed by atoms with Crippen molar-refractivity contribution in [1.82, 2.24) is 20.6 Å². The first-order valence-electron chi connectivity index (χ1n) is 4.92. The molecule has 0 aliphatic heterocycles. The maximum Gasteiger partial charge on any atom is 0.191 e. The number of rotatable bonds is 4. The number of para-hydroxylation sites is 1. The molecule has 0 fully saturated rings. The lowest BCUT2D eigenvalue weighted by Gasteiger charge is -2.10. The van der Waals surface area contributed by atoms with Gasteiger partial charge in [-0.2, -0.15) is 5.21 Å². The lowest BCUT2D eigenvalue weighted by molar-refractivity contribution is 0.407. The van der Waals surface area contributed by atoms with Crippen molar-refractivity contribution in [3.63, 3.8) is 0 Å². The van der Waals surface area contributed by atoms with Crippen LogP contribution < -0.4 is 10.5 Å². The maximum atomic E-state index is 5.95. The van der Waals surface area contributed by atoms with Crippen molar-refractivity contribution < 1.29 is 4.74 Å². The van der Waals surface area contributed by atoms with E-state index in [4.69, 9.17) is 10.5 Å². The van der Waals surface area contributed by atoms with Crippen LogP contribution in [0, 0.1) is 0 Å². The molecule has 0 aliphatic rings. The van der Waals surface area contributed by atoms with Crippen LogP contribution in [0.5, 0.6) is 5.75 Å². The van der Waals surface area contributed by atoms with E-state index in [-0.39, 0.29) is 6.04 Å². The molecule has 1 heterocycles. The second-order valence-corrected chi connectivity index (χ2v) is 3.39. The fourth-order valence-corrected chi connectivity index (χ4v) is 1.53. The van der Waals surface area contributed by atoms with Crippen molar-refractivity contribution in [3.8, 4) is 5.75 Å². The number of ether oxygens (including phenoxy) is 1. The number of hydrogen-bond donors (Lipinski definition) is 2. The van der Waals surface area contributed by atoms with Gasteiger partial charge in [-0.25, -0.2) is 0 Å². The van der Waals surface area contributed by atoms with Crippen molar-refractivity contribution in [2.24, 2.45) is 5.73 Å². The summed E-state index contributed by atoms with van der Waals surface area (Å²) in [4.78, 5) is 0. The number of benzene rings is 1. The van der Waals surface area contributed by atoms with Crippen molar-refractivity contribution in [2.45, 2.75) is 12.5 Å². The number of aromatic amines is 1. The third-order valence-electron chi connectivity index (χ3n) is 2.33. The van der Waals surface area contributed by atoms with Crippen LogP contribution in [0.25, 0.3) is 0 Å². The van der Waals surface area contributed by atoms with E-state index in [0.29, 0.717) is 12.2 Å². The van der Waals surface area contributed by atoms with E-state index < -0.39 is 0 Å². The van der Waals surface area contributed by atoms with Crippen LogP contribution in [-0.4, -0.2) is 27.7 Å². The zero-order valence-electron chi connectivity index (χ0n) is 8.92. The monoisotopic (exact) mass is 219 g/mol. The Morgan fingerprint density at radius 3 is 2.94 bits per heavy atom. The molecule has 0 amide bonds. The number of nitrogens with zero attached hydrogens (tertiary/aromatic N) is 3. The van der Waals surface area contributed by atoms with Gasteiger partial charge in [-0.05, 0) is 18.1 Å². The van der Waals surface area contributed by atoms with E-state index in [1.165, 1.54) is 0 Å². The average Bonchev–Trinajstić information content (AvgIpc) is 2.83. The molecular formula is C10H13N5O.